The van der Waals surface area contributed by atoms with Crippen LogP contribution in [0.2, 0.25) is 0 Å². The summed E-state index contributed by atoms with van der Waals surface area (Å²) in [6.07, 6.45) is 0. The molecule has 0 bridgehead atoms. The van der Waals surface area contributed by atoms with Crippen LogP contribution < -0.4 is 5.32 Å². The van der Waals surface area contributed by atoms with Crippen LogP contribution in [0.4, 0.5) is 5.69 Å². The Hall–Kier alpha value is -1.66. The Labute approximate surface area is 135 Å². The number of nitrogens with one attached hydrogen (secondary N) is 1. The first-order valence-electron chi connectivity index (χ1n) is 6.84. The van der Waals surface area contributed by atoms with Gasteiger partial charge in [0, 0.05) is 11.1 Å². The summed E-state index contributed by atoms with van der Waals surface area (Å²) in [5.74, 6) is -0.240. The number of amides is 1. The van der Waals surface area contributed by atoms with E-state index in [1.807, 2.05) is 5.38 Å². The maximum absolute atomic E-state index is 12.3. The first kappa shape index (κ1) is 16.7. The monoisotopic (exact) mass is 337 g/mol. The molecule has 4 nitrogen and oxygen atoms in total. The van der Waals surface area contributed by atoms with E-state index in [0.29, 0.717) is 16.8 Å². The van der Waals surface area contributed by atoms with Crippen molar-refractivity contribution >= 4 is 32.8 Å². The smallest absolute Gasteiger partial charge is 0.256 e. The Balaban J connectivity index is 2.16. The van der Waals surface area contributed by atoms with Crippen LogP contribution in [0.25, 0.3) is 0 Å². The second-order valence-corrected chi connectivity index (χ2v) is 9.56. The van der Waals surface area contributed by atoms with Crippen molar-refractivity contribution in [2.45, 2.75) is 31.3 Å². The van der Waals surface area contributed by atoms with Crippen LogP contribution in [-0.2, 0) is 15.6 Å². The van der Waals surface area contributed by atoms with Gasteiger partial charge < -0.3 is 5.32 Å². The van der Waals surface area contributed by atoms with E-state index in [4.69, 9.17) is 0 Å². The van der Waals surface area contributed by atoms with Gasteiger partial charge in [0.1, 0.15) is 0 Å². The fourth-order valence-corrected chi connectivity index (χ4v) is 3.46. The number of carbonyl (C=O) groups excluding carboxylic acids is 1. The first-order valence-corrected chi connectivity index (χ1v) is 9.43. The number of hydrogen-bond donors (Lipinski definition) is 1. The number of sulfone groups is 1. The maximum Gasteiger partial charge on any atom is 0.256 e. The topological polar surface area (TPSA) is 63.2 Å². The van der Waals surface area contributed by atoms with Gasteiger partial charge in [0.2, 0.25) is 0 Å². The van der Waals surface area contributed by atoms with Gasteiger partial charge in [-0.05, 0) is 49.9 Å². The van der Waals surface area contributed by atoms with Crippen molar-refractivity contribution in [3.63, 3.8) is 0 Å². The van der Waals surface area contributed by atoms with Gasteiger partial charge in [-0.3, -0.25) is 4.79 Å². The third-order valence-electron chi connectivity index (χ3n) is 3.26. The van der Waals surface area contributed by atoms with Gasteiger partial charge in [0.05, 0.1) is 16.1 Å². The molecule has 1 heterocycles. The van der Waals surface area contributed by atoms with E-state index in [0.717, 1.165) is 0 Å². The Bertz CT molecular complexity index is 757. The lowest BCUT2D eigenvalue weighted by atomic mass is 10.2. The third-order valence-corrected chi connectivity index (χ3v) is 6.52. The predicted octanol–water partition coefficient (Wildman–Crippen LogP) is 3.71. The van der Waals surface area contributed by atoms with Gasteiger partial charge in [-0.2, -0.15) is 11.3 Å². The average Bonchev–Trinajstić information content (AvgIpc) is 2.91. The van der Waals surface area contributed by atoms with Gasteiger partial charge in [-0.15, -0.1) is 0 Å². The fourth-order valence-electron chi connectivity index (χ4n) is 1.77. The van der Waals surface area contributed by atoms with Crippen LogP contribution in [0, 0.1) is 0 Å². The summed E-state index contributed by atoms with van der Waals surface area (Å²) < 4.78 is 23.7. The average molecular weight is 337 g/mol. The molecule has 1 aromatic carbocycles. The largest absolute Gasteiger partial charge is 0.322 e. The highest BCUT2D eigenvalue weighted by molar-refractivity contribution is 7.91. The van der Waals surface area contributed by atoms with Crippen molar-refractivity contribution < 1.29 is 13.2 Å². The van der Waals surface area contributed by atoms with Crippen molar-refractivity contribution in [1.82, 2.24) is 0 Å². The second-order valence-electron chi connectivity index (χ2n) is 6.04. The molecule has 0 saturated carbocycles. The summed E-state index contributed by atoms with van der Waals surface area (Å²) in [5.41, 5.74) is 1.86. The minimum atomic E-state index is -3.25. The zero-order valence-electron chi connectivity index (χ0n) is 12.8. The molecule has 1 aromatic heterocycles. The molecule has 0 unspecified atom stereocenters. The molecule has 0 radical (unpaired) electrons. The van der Waals surface area contributed by atoms with Crippen LogP contribution >= 0.6 is 11.3 Å². The number of rotatable bonds is 4. The molecule has 0 fully saturated rings. The normalized spacial score (nSPS) is 12.1. The summed E-state index contributed by atoms with van der Waals surface area (Å²) in [7, 11) is -3.25. The van der Waals surface area contributed by atoms with E-state index >= 15 is 0 Å². The Morgan fingerprint density at radius 2 is 1.95 bits per heavy atom. The molecule has 0 aliphatic heterocycles. The molecular formula is C16H19NO3S2. The molecule has 2 aromatic rings. The number of carbonyl (C=O) groups is 1. The van der Waals surface area contributed by atoms with E-state index in [2.05, 4.69) is 5.32 Å². The van der Waals surface area contributed by atoms with E-state index < -0.39 is 14.6 Å². The van der Waals surface area contributed by atoms with Gasteiger partial charge in [-0.25, -0.2) is 8.42 Å². The van der Waals surface area contributed by atoms with E-state index in [1.165, 1.54) is 11.3 Å². The molecule has 1 amide bonds. The van der Waals surface area contributed by atoms with Crippen molar-refractivity contribution in [1.29, 1.82) is 0 Å². The third kappa shape index (κ3) is 3.96. The lowest BCUT2D eigenvalue weighted by Gasteiger charge is -2.19. The van der Waals surface area contributed by atoms with Crippen molar-refractivity contribution in [2.75, 3.05) is 5.32 Å². The molecule has 0 atom stereocenters. The quantitative estimate of drug-likeness (QED) is 0.925. The van der Waals surface area contributed by atoms with Gasteiger partial charge in [0.25, 0.3) is 5.91 Å². The number of thiophene rings is 1. The molecule has 118 valence electrons. The lowest BCUT2D eigenvalue weighted by molar-refractivity contribution is 0.102. The minimum absolute atomic E-state index is 0.0430. The minimum Gasteiger partial charge on any atom is -0.322 e. The molecular weight excluding hydrogens is 318 g/mol. The summed E-state index contributed by atoms with van der Waals surface area (Å²) in [4.78, 5) is 12.0. The summed E-state index contributed by atoms with van der Waals surface area (Å²) in [6, 6.07) is 8.69. The zero-order chi connectivity index (χ0) is 16.4. The molecule has 2 rings (SSSR count). The molecule has 6 heteroatoms. The SMILES string of the molecule is CC(C)(C)S(=O)(=O)Cc1cccc(NC(=O)c2ccsc2)c1. The zero-order valence-corrected chi connectivity index (χ0v) is 14.4. The Morgan fingerprint density at radius 3 is 2.55 bits per heavy atom. The highest BCUT2D eigenvalue weighted by Gasteiger charge is 2.28. The highest BCUT2D eigenvalue weighted by atomic mass is 32.2. The highest BCUT2D eigenvalue weighted by Crippen LogP contribution is 2.22. The predicted molar refractivity (Wildman–Crippen MR) is 91.1 cm³/mol. The number of hydrogen-bond acceptors (Lipinski definition) is 4. The summed E-state index contributed by atoms with van der Waals surface area (Å²) in [5, 5.41) is 6.38. The van der Waals surface area contributed by atoms with Gasteiger partial charge in [0.15, 0.2) is 9.84 Å². The molecule has 0 aliphatic rings. The molecule has 0 spiro atoms. The van der Waals surface area contributed by atoms with Crippen molar-refractivity contribution in [2.24, 2.45) is 0 Å². The molecule has 1 N–H and O–H groups in total. The van der Waals surface area contributed by atoms with Gasteiger partial charge in [-0.1, -0.05) is 12.1 Å². The fraction of sp³-hybridized carbons (Fsp3) is 0.312. The lowest BCUT2D eigenvalue weighted by Crippen LogP contribution is -2.29. The molecule has 0 aliphatic carbocycles. The van der Waals surface area contributed by atoms with Crippen LogP contribution in [-0.4, -0.2) is 19.1 Å². The van der Waals surface area contributed by atoms with Crippen LogP contribution in [0.15, 0.2) is 41.1 Å². The summed E-state index contributed by atoms with van der Waals surface area (Å²) in [6.45, 7) is 5.06. The Morgan fingerprint density at radius 1 is 1.23 bits per heavy atom. The number of anilines is 1. The standard InChI is InChI=1S/C16H19NO3S2/c1-16(2,3)22(19,20)11-12-5-4-6-14(9-12)17-15(18)13-7-8-21-10-13/h4-10H,11H2,1-3H3,(H,17,18). The van der Waals surface area contributed by atoms with Gasteiger partial charge >= 0.3 is 0 Å². The van der Waals surface area contributed by atoms with E-state index in [1.54, 1.807) is 56.5 Å². The second kappa shape index (κ2) is 6.22. The maximum atomic E-state index is 12.3. The molecule has 22 heavy (non-hydrogen) atoms. The number of benzene rings is 1. The first-order chi connectivity index (χ1) is 10.2. The van der Waals surface area contributed by atoms with Crippen LogP contribution in [0.1, 0.15) is 36.7 Å². The van der Waals surface area contributed by atoms with Crippen molar-refractivity contribution in [3.8, 4) is 0 Å². The van der Waals surface area contributed by atoms with E-state index in [9.17, 15) is 13.2 Å². The van der Waals surface area contributed by atoms with E-state index in [-0.39, 0.29) is 11.7 Å². The Kier molecular flexibility index (Phi) is 4.72. The summed E-state index contributed by atoms with van der Waals surface area (Å²) >= 11 is 1.45. The van der Waals surface area contributed by atoms with Crippen LogP contribution in [0.5, 0.6) is 0 Å². The van der Waals surface area contributed by atoms with Crippen molar-refractivity contribution in [3.05, 3.63) is 52.2 Å². The van der Waals surface area contributed by atoms with Crippen LogP contribution in [0.3, 0.4) is 0 Å². The molecule has 0 saturated heterocycles.